The number of ether oxygens (including phenoxy) is 10. The maximum absolute atomic E-state index is 13.1. The van der Waals surface area contributed by atoms with Gasteiger partial charge in [-0.2, -0.15) is 13.2 Å². The van der Waals surface area contributed by atoms with E-state index in [0.29, 0.717) is 45.1 Å². The second-order valence-corrected chi connectivity index (χ2v) is 23.6. The Hall–Kier alpha value is -4.87. The van der Waals surface area contributed by atoms with Crippen molar-refractivity contribution < 1.29 is 89.3 Å². The molecule has 2 aliphatic carbocycles. The van der Waals surface area contributed by atoms with Gasteiger partial charge in [-0.1, -0.05) is 82.4 Å². The average molecular weight is 1080 g/mol. The number of alkyl halides is 3. The smallest absolute Gasteiger partial charge is 0.411 e. The molecule has 0 saturated heterocycles. The second-order valence-electron chi connectivity index (χ2n) is 23.6. The molecule has 6 atom stereocenters. The number of hydrogen-bond donors (Lipinski definition) is 4. The Morgan fingerprint density at radius 1 is 0.520 bits per heavy atom. The topological polar surface area (TPSA) is 243 Å². The fourth-order valence-corrected chi connectivity index (χ4v) is 9.62. The number of alkyl carbamates (subject to hydrolysis) is 4. The van der Waals surface area contributed by atoms with Gasteiger partial charge in [-0.05, 0) is 60.2 Å². The third kappa shape index (κ3) is 26.2. The molecule has 23 heteroatoms. The molecule has 2 aliphatic rings. The summed E-state index contributed by atoms with van der Waals surface area (Å²) in [5.74, 6) is -1.23. The Morgan fingerprint density at radius 3 is 1.23 bits per heavy atom. The van der Waals surface area contributed by atoms with Crippen LogP contribution in [0.15, 0.2) is 25.3 Å². The predicted molar refractivity (Wildman–Crippen MR) is 269 cm³/mol. The molecule has 0 aromatic carbocycles. The molecule has 0 bridgehead atoms. The van der Waals surface area contributed by atoms with Crippen LogP contribution in [0.4, 0.5) is 32.3 Å². The lowest BCUT2D eigenvalue weighted by molar-refractivity contribution is -0.185. The van der Waals surface area contributed by atoms with Gasteiger partial charge in [0, 0.05) is 60.7 Å². The number of esters is 2. The predicted octanol–water partition coefficient (Wildman–Crippen LogP) is 7.82. The summed E-state index contributed by atoms with van der Waals surface area (Å²) < 4.78 is 93.2. The summed E-state index contributed by atoms with van der Waals surface area (Å²) >= 11 is 0. The Kier molecular flexibility index (Phi) is 26.1. The third-order valence-electron chi connectivity index (χ3n) is 13.3. The molecule has 0 radical (unpaired) electrons. The van der Waals surface area contributed by atoms with Gasteiger partial charge < -0.3 is 68.6 Å². The van der Waals surface area contributed by atoms with E-state index < -0.39 is 77.4 Å². The summed E-state index contributed by atoms with van der Waals surface area (Å²) in [5, 5.41) is 11.5. The molecular formula is C52H87F3N4O16. The van der Waals surface area contributed by atoms with Crippen molar-refractivity contribution in [3.63, 3.8) is 0 Å². The van der Waals surface area contributed by atoms with Crippen molar-refractivity contribution in [3.05, 3.63) is 25.3 Å². The van der Waals surface area contributed by atoms with Crippen LogP contribution in [0.1, 0.15) is 108 Å². The first-order valence-electron chi connectivity index (χ1n) is 25.3. The maximum Gasteiger partial charge on any atom is 0.411 e. The van der Waals surface area contributed by atoms with Gasteiger partial charge in [0.15, 0.2) is 0 Å². The number of hydrogen-bond acceptors (Lipinski definition) is 16. The Morgan fingerprint density at radius 2 is 0.880 bits per heavy atom. The molecular weight excluding hydrogens is 994 g/mol. The first-order valence-corrected chi connectivity index (χ1v) is 25.3. The molecule has 0 aromatic heterocycles. The number of methoxy groups -OCH3 is 1. The SMILES string of the molecule is C=CC(=O)OCCOC(=O)NC1CCC(C)(CNC(=O)OCC(C)(COC)COCC(C)(C)COCC(C)(COCC(F)(F)F)COC(=O)NCC2(C)CCC(NC(=O)OCCOC(=O)C=C)C(C)(C)C2)CC1(C)C. The lowest BCUT2D eigenvalue weighted by atomic mass is 9.62. The molecule has 0 aromatic rings. The summed E-state index contributed by atoms with van der Waals surface area (Å²) in [6.45, 7) is 24.5. The van der Waals surface area contributed by atoms with E-state index in [1.807, 2.05) is 55.4 Å². The zero-order valence-electron chi connectivity index (χ0n) is 46.2. The first-order chi connectivity index (χ1) is 34.7. The van der Waals surface area contributed by atoms with Crippen molar-refractivity contribution in [2.24, 2.45) is 37.9 Å². The van der Waals surface area contributed by atoms with E-state index in [1.54, 1.807) is 6.92 Å². The van der Waals surface area contributed by atoms with E-state index in [4.69, 9.17) is 47.4 Å². The highest BCUT2D eigenvalue weighted by Crippen LogP contribution is 2.47. The van der Waals surface area contributed by atoms with E-state index >= 15 is 0 Å². The quantitative estimate of drug-likeness (QED) is 0.0224. The van der Waals surface area contributed by atoms with E-state index in [-0.39, 0.29) is 108 Å². The van der Waals surface area contributed by atoms with Crippen molar-refractivity contribution in [2.75, 3.05) is 106 Å². The fraction of sp³-hybridized carbons (Fsp3) is 0.808. The third-order valence-corrected chi connectivity index (χ3v) is 13.3. The van der Waals surface area contributed by atoms with Crippen LogP contribution in [0.3, 0.4) is 0 Å². The highest BCUT2D eigenvalue weighted by Gasteiger charge is 2.45. The van der Waals surface area contributed by atoms with Crippen molar-refractivity contribution in [1.29, 1.82) is 0 Å². The van der Waals surface area contributed by atoms with Gasteiger partial charge in [0.05, 0.1) is 39.6 Å². The first kappa shape index (κ1) is 66.2. The van der Waals surface area contributed by atoms with Crippen LogP contribution in [0.2, 0.25) is 0 Å². The summed E-state index contributed by atoms with van der Waals surface area (Å²) in [7, 11) is 1.53. The minimum Gasteiger partial charge on any atom is -0.459 e. The van der Waals surface area contributed by atoms with E-state index in [1.165, 1.54) is 7.11 Å². The second kappa shape index (κ2) is 29.6. The van der Waals surface area contributed by atoms with Gasteiger partial charge in [0.1, 0.15) is 46.2 Å². The van der Waals surface area contributed by atoms with Crippen molar-refractivity contribution in [3.8, 4) is 0 Å². The fourth-order valence-electron chi connectivity index (χ4n) is 9.62. The average Bonchev–Trinajstić information content (AvgIpc) is 3.30. The molecule has 0 heterocycles. The molecule has 432 valence electrons. The van der Waals surface area contributed by atoms with Gasteiger partial charge in [-0.15, -0.1) is 0 Å². The summed E-state index contributed by atoms with van der Waals surface area (Å²) in [4.78, 5) is 73.4. The Labute approximate surface area is 441 Å². The lowest BCUT2D eigenvalue weighted by Crippen LogP contribution is -2.53. The van der Waals surface area contributed by atoms with Gasteiger partial charge in [0.2, 0.25) is 0 Å². The number of amides is 4. The van der Waals surface area contributed by atoms with Crippen LogP contribution in [-0.4, -0.2) is 161 Å². The number of carbonyl (C=O) groups excluding carboxylic acids is 6. The molecule has 2 fully saturated rings. The van der Waals surface area contributed by atoms with Crippen molar-refractivity contribution >= 4 is 36.3 Å². The molecule has 4 amide bonds. The molecule has 0 spiro atoms. The molecule has 2 rings (SSSR count). The molecule has 0 aliphatic heterocycles. The van der Waals surface area contributed by atoms with Gasteiger partial charge >= 0.3 is 42.5 Å². The van der Waals surface area contributed by atoms with E-state index in [9.17, 15) is 41.9 Å². The van der Waals surface area contributed by atoms with Crippen LogP contribution in [0.5, 0.6) is 0 Å². The Bertz CT molecular complexity index is 1890. The van der Waals surface area contributed by atoms with E-state index in [0.717, 1.165) is 12.2 Å². The zero-order chi connectivity index (χ0) is 56.8. The van der Waals surface area contributed by atoms with Crippen LogP contribution in [-0.2, 0) is 57.0 Å². The largest absolute Gasteiger partial charge is 0.459 e. The minimum atomic E-state index is -4.57. The number of nitrogens with one attached hydrogen (secondary N) is 4. The van der Waals surface area contributed by atoms with Crippen LogP contribution in [0, 0.1) is 37.9 Å². The number of halogens is 3. The van der Waals surface area contributed by atoms with Crippen LogP contribution < -0.4 is 21.3 Å². The van der Waals surface area contributed by atoms with E-state index in [2.05, 4.69) is 41.3 Å². The maximum atomic E-state index is 13.1. The molecule has 4 N–H and O–H groups in total. The molecule has 6 unspecified atom stereocenters. The summed E-state index contributed by atoms with van der Waals surface area (Å²) in [6, 6.07) is -0.420. The standard InChI is InChI=1S/C52H87F3N4O16/c1-14-39(60)70-20-22-72-43(64)58-37-16-18-48(9,24-46(37,5)6)26-56-41(62)74-34-50(11,30-66-13)31-67-28-45(3,4)29-68-32-51(12,33-69-36-52(53,54)55)35-75-42(63)57-27-49(10)19-17-38(47(7,8)25-49)59-44(65)73-23-21-71-40(61)15-2/h14-15,37-38H,1-2,16-36H2,3-13H3,(H,56,62)(H,57,63)(H,58,64)(H,59,65). The normalized spacial score (nSPS) is 22.9. The van der Waals surface area contributed by atoms with Gasteiger partial charge in [-0.3, -0.25) is 0 Å². The monoisotopic (exact) mass is 1080 g/mol. The summed E-state index contributed by atoms with van der Waals surface area (Å²) in [5.41, 5.74) is -3.91. The zero-order valence-corrected chi connectivity index (χ0v) is 46.2. The molecule has 75 heavy (non-hydrogen) atoms. The highest BCUT2D eigenvalue weighted by molar-refractivity contribution is 5.81. The minimum absolute atomic E-state index is 0.0238. The van der Waals surface area contributed by atoms with Gasteiger partial charge in [0.25, 0.3) is 0 Å². The van der Waals surface area contributed by atoms with Crippen molar-refractivity contribution in [1.82, 2.24) is 21.3 Å². The highest BCUT2D eigenvalue weighted by atomic mass is 19.4. The van der Waals surface area contributed by atoms with Crippen molar-refractivity contribution in [2.45, 2.75) is 126 Å². The number of rotatable bonds is 31. The Balaban J connectivity index is 1.86. The number of carbonyl (C=O) groups is 6. The van der Waals surface area contributed by atoms with Gasteiger partial charge in [-0.25, -0.2) is 28.8 Å². The summed E-state index contributed by atoms with van der Waals surface area (Å²) in [6.07, 6.45) is -1.30. The van der Waals surface area contributed by atoms with Crippen LogP contribution in [0.25, 0.3) is 0 Å². The molecule has 20 nitrogen and oxygen atoms in total. The lowest BCUT2D eigenvalue weighted by Gasteiger charge is -2.47. The molecule has 2 saturated carbocycles. The van der Waals surface area contributed by atoms with Crippen LogP contribution >= 0.6 is 0 Å².